The van der Waals surface area contributed by atoms with Gasteiger partial charge in [-0.1, -0.05) is 55.0 Å². The Bertz CT molecular complexity index is 749. The molecule has 120 valence electrons. The summed E-state index contributed by atoms with van der Waals surface area (Å²) in [6.07, 6.45) is 3.30. The molecular formula is C20H24N2O. The standard InChI is InChI=1S/C20H24N2O/c21-14-8-2-5-13-20(23)22-18-12-7-6-11-17(18)15-19(22)16-9-3-1-4-10-16/h1,3-4,6-7,9-12,15,20,23H,2,5,8,13-14,21H2. The normalized spacial score (nSPS) is 12.6. The van der Waals surface area contributed by atoms with Gasteiger partial charge in [0.05, 0.1) is 11.2 Å². The van der Waals surface area contributed by atoms with Gasteiger partial charge in [0, 0.05) is 5.39 Å². The average Bonchev–Trinajstić information content (AvgIpc) is 2.99. The molecule has 0 aliphatic heterocycles. The van der Waals surface area contributed by atoms with E-state index in [1.165, 1.54) is 0 Å². The summed E-state index contributed by atoms with van der Waals surface area (Å²) >= 11 is 0. The van der Waals surface area contributed by atoms with Gasteiger partial charge in [0.25, 0.3) is 0 Å². The Balaban J connectivity index is 1.96. The van der Waals surface area contributed by atoms with E-state index >= 15 is 0 Å². The van der Waals surface area contributed by atoms with Crippen LogP contribution in [0.3, 0.4) is 0 Å². The third-order valence-corrected chi connectivity index (χ3v) is 4.28. The maximum atomic E-state index is 10.8. The molecular weight excluding hydrogens is 284 g/mol. The second kappa shape index (κ2) is 7.44. The summed E-state index contributed by atoms with van der Waals surface area (Å²) in [4.78, 5) is 0. The van der Waals surface area contributed by atoms with Crippen molar-refractivity contribution in [3.8, 4) is 11.3 Å². The van der Waals surface area contributed by atoms with Gasteiger partial charge in [-0.2, -0.15) is 0 Å². The Morgan fingerprint density at radius 2 is 1.65 bits per heavy atom. The van der Waals surface area contributed by atoms with Crippen molar-refractivity contribution in [2.24, 2.45) is 5.73 Å². The van der Waals surface area contributed by atoms with Crippen molar-refractivity contribution < 1.29 is 5.11 Å². The smallest absolute Gasteiger partial charge is 0.131 e. The number of hydrogen-bond acceptors (Lipinski definition) is 2. The van der Waals surface area contributed by atoms with Crippen LogP contribution in [0, 0.1) is 0 Å². The quantitative estimate of drug-likeness (QED) is 0.639. The number of aliphatic hydroxyl groups is 1. The number of nitrogens with zero attached hydrogens (tertiary/aromatic N) is 1. The van der Waals surface area contributed by atoms with Crippen LogP contribution in [0.4, 0.5) is 0 Å². The van der Waals surface area contributed by atoms with Gasteiger partial charge in [0.1, 0.15) is 6.23 Å². The molecule has 1 atom stereocenters. The summed E-state index contributed by atoms with van der Waals surface area (Å²) in [5.74, 6) is 0. The number of benzene rings is 2. The van der Waals surface area contributed by atoms with E-state index in [0.717, 1.165) is 54.4 Å². The molecule has 3 rings (SSSR count). The van der Waals surface area contributed by atoms with Gasteiger partial charge >= 0.3 is 0 Å². The van der Waals surface area contributed by atoms with E-state index in [4.69, 9.17) is 5.73 Å². The molecule has 1 heterocycles. The van der Waals surface area contributed by atoms with Crippen molar-refractivity contribution in [3.05, 3.63) is 60.7 Å². The molecule has 1 unspecified atom stereocenters. The van der Waals surface area contributed by atoms with E-state index in [2.05, 4.69) is 34.9 Å². The van der Waals surface area contributed by atoms with Gasteiger partial charge in [-0.3, -0.25) is 0 Å². The number of nitrogens with two attached hydrogens (primary N) is 1. The Labute approximate surface area is 137 Å². The van der Waals surface area contributed by atoms with Crippen molar-refractivity contribution >= 4 is 10.9 Å². The fourth-order valence-corrected chi connectivity index (χ4v) is 3.11. The minimum atomic E-state index is -0.511. The lowest BCUT2D eigenvalue weighted by molar-refractivity contribution is 0.0976. The third-order valence-electron chi connectivity index (χ3n) is 4.28. The summed E-state index contributed by atoms with van der Waals surface area (Å²) in [6, 6.07) is 20.6. The van der Waals surface area contributed by atoms with Gasteiger partial charge in [0.15, 0.2) is 0 Å². The fourth-order valence-electron chi connectivity index (χ4n) is 3.11. The maximum absolute atomic E-state index is 10.8. The molecule has 23 heavy (non-hydrogen) atoms. The summed E-state index contributed by atoms with van der Waals surface area (Å²) in [6.45, 7) is 0.720. The molecule has 3 heteroatoms. The van der Waals surface area contributed by atoms with E-state index < -0.39 is 6.23 Å². The topological polar surface area (TPSA) is 51.2 Å². The molecule has 0 amide bonds. The molecule has 0 saturated carbocycles. The highest BCUT2D eigenvalue weighted by atomic mass is 16.3. The van der Waals surface area contributed by atoms with Crippen molar-refractivity contribution in [1.29, 1.82) is 0 Å². The SMILES string of the molecule is NCCCCCC(O)n1c(-c2ccccc2)cc2ccccc21. The first-order valence-electron chi connectivity index (χ1n) is 8.35. The largest absolute Gasteiger partial charge is 0.373 e. The second-order valence-electron chi connectivity index (χ2n) is 5.94. The lowest BCUT2D eigenvalue weighted by Crippen LogP contribution is -2.09. The number of unbranched alkanes of at least 4 members (excludes halogenated alkanes) is 2. The maximum Gasteiger partial charge on any atom is 0.131 e. The Kier molecular flexibility index (Phi) is 5.11. The predicted molar refractivity (Wildman–Crippen MR) is 96.2 cm³/mol. The molecule has 0 fully saturated rings. The molecule has 0 spiro atoms. The van der Waals surface area contributed by atoms with Crippen molar-refractivity contribution in [3.63, 3.8) is 0 Å². The summed E-state index contributed by atoms with van der Waals surface area (Å²) in [5.41, 5.74) is 8.83. The summed E-state index contributed by atoms with van der Waals surface area (Å²) < 4.78 is 2.06. The van der Waals surface area contributed by atoms with Crippen LogP contribution >= 0.6 is 0 Å². The van der Waals surface area contributed by atoms with Crippen LogP contribution in [-0.4, -0.2) is 16.2 Å². The third kappa shape index (κ3) is 3.46. The number of aromatic nitrogens is 1. The lowest BCUT2D eigenvalue weighted by atomic mass is 10.1. The van der Waals surface area contributed by atoms with Crippen LogP contribution in [0.25, 0.3) is 22.2 Å². The van der Waals surface area contributed by atoms with Gasteiger partial charge < -0.3 is 15.4 Å². The highest BCUT2D eigenvalue weighted by molar-refractivity contribution is 5.87. The zero-order valence-corrected chi connectivity index (χ0v) is 13.4. The zero-order valence-electron chi connectivity index (χ0n) is 13.4. The average molecular weight is 308 g/mol. The molecule has 3 nitrogen and oxygen atoms in total. The molecule has 0 radical (unpaired) electrons. The van der Waals surface area contributed by atoms with Gasteiger partial charge in [0.2, 0.25) is 0 Å². The van der Waals surface area contributed by atoms with Crippen LogP contribution in [-0.2, 0) is 0 Å². The molecule has 0 saturated heterocycles. The molecule has 3 aromatic rings. The minimum absolute atomic E-state index is 0.511. The molecule has 0 bridgehead atoms. The first-order valence-corrected chi connectivity index (χ1v) is 8.35. The van der Waals surface area contributed by atoms with Crippen LogP contribution in [0.15, 0.2) is 60.7 Å². The minimum Gasteiger partial charge on any atom is -0.373 e. The van der Waals surface area contributed by atoms with Gasteiger partial charge in [-0.05, 0) is 43.5 Å². The first kappa shape index (κ1) is 15.8. The number of hydrogen-bond donors (Lipinski definition) is 2. The van der Waals surface area contributed by atoms with Crippen LogP contribution < -0.4 is 5.73 Å². The number of fused-ring (bicyclic) bond motifs is 1. The Hall–Kier alpha value is -2.10. The number of aliphatic hydroxyl groups excluding tert-OH is 1. The van der Waals surface area contributed by atoms with Crippen LogP contribution in [0.2, 0.25) is 0 Å². The number of rotatable bonds is 7. The molecule has 0 aliphatic carbocycles. The predicted octanol–water partition coefficient (Wildman–Crippen LogP) is 4.32. The molecule has 1 aromatic heterocycles. The first-order chi connectivity index (χ1) is 11.3. The summed E-state index contributed by atoms with van der Waals surface area (Å²) in [5, 5.41) is 11.9. The molecule has 3 N–H and O–H groups in total. The van der Waals surface area contributed by atoms with Crippen LogP contribution in [0.5, 0.6) is 0 Å². The van der Waals surface area contributed by atoms with Crippen molar-refractivity contribution in [2.45, 2.75) is 31.9 Å². The lowest BCUT2D eigenvalue weighted by Gasteiger charge is -2.18. The van der Waals surface area contributed by atoms with E-state index in [1.807, 2.05) is 30.3 Å². The monoisotopic (exact) mass is 308 g/mol. The second-order valence-corrected chi connectivity index (χ2v) is 5.94. The van der Waals surface area contributed by atoms with E-state index in [-0.39, 0.29) is 0 Å². The van der Waals surface area contributed by atoms with Gasteiger partial charge in [-0.15, -0.1) is 0 Å². The van der Waals surface area contributed by atoms with E-state index in [9.17, 15) is 5.11 Å². The Morgan fingerprint density at radius 1 is 0.913 bits per heavy atom. The highest BCUT2D eigenvalue weighted by Gasteiger charge is 2.16. The van der Waals surface area contributed by atoms with E-state index in [0.29, 0.717) is 0 Å². The van der Waals surface area contributed by atoms with E-state index in [1.54, 1.807) is 0 Å². The van der Waals surface area contributed by atoms with Crippen LogP contribution in [0.1, 0.15) is 31.9 Å². The van der Waals surface area contributed by atoms with Crippen molar-refractivity contribution in [1.82, 2.24) is 4.57 Å². The summed E-state index contributed by atoms with van der Waals surface area (Å²) in [7, 11) is 0. The van der Waals surface area contributed by atoms with Gasteiger partial charge in [-0.25, -0.2) is 0 Å². The number of para-hydroxylation sites is 1. The zero-order chi connectivity index (χ0) is 16.1. The molecule has 2 aromatic carbocycles. The fraction of sp³-hybridized carbons (Fsp3) is 0.300. The Morgan fingerprint density at radius 3 is 2.43 bits per heavy atom. The highest BCUT2D eigenvalue weighted by Crippen LogP contribution is 2.32. The van der Waals surface area contributed by atoms with Crippen molar-refractivity contribution in [2.75, 3.05) is 6.54 Å². The molecule has 0 aliphatic rings.